The van der Waals surface area contributed by atoms with Crippen molar-refractivity contribution in [1.29, 1.82) is 0 Å². The standard InChI is InChI=1S/C16H23FN2O/c1-16(2,3)12-5-4-9-19(10-7-12)15(20)13-6-8-18-11-14(13)17/h6,8,11-12H,4-5,7,9-10H2,1-3H3. The minimum atomic E-state index is -0.533. The summed E-state index contributed by atoms with van der Waals surface area (Å²) in [6.45, 7) is 8.17. The Balaban J connectivity index is 2.08. The number of rotatable bonds is 1. The van der Waals surface area contributed by atoms with Crippen molar-refractivity contribution in [1.82, 2.24) is 9.88 Å². The summed E-state index contributed by atoms with van der Waals surface area (Å²) in [5.41, 5.74) is 0.398. The highest BCUT2D eigenvalue weighted by Crippen LogP contribution is 2.34. The van der Waals surface area contributed by atoms with Crippen molar-refractivity contribution in [3.63, 3.8) is 0 Å². The van der Waals surface area contributed by atoms with Crippen molar-refractivity contribution in [3.05, 3.63) is 29.8 Å². The maximum Gasteiger partial charge on any atom is 0.256 e. The highest BCUT2D eigenvalue weighted by Gasteiger charge is 2.29. The summed E-state index contributed by atoms with van der Waals surface area (Å²) in [7, 11) is 0. The fourth-order valence-electron chi connectivity index (χ4n) is 2.88. The molecule has 1 aliphatic rings. The number of carbonyl (C=O) groups is 1. The zero-order valence-corrected chi connectivity index (χ0v) is 12.5. The van der Waals surface area contributed by atoms with Gasteiger partial charge < -0.3 is 4.90 Å². The lowest BCUT2D eigenvalue weighted by molar-refractivity contribution is 0.0750. The number of amides is 1. The first-order valence-electron chi connectivity index (χ1n) is 7.28. The van der Waals surface area contributed by atoms with E-state index in [1.54, 1.807) is 4.90 Å². The number of halogens is 1. The zero-order valence-electron chi connectivity index (χ0n) is 12.5. The normalized spacial score (nSPS) is 20.6. The molecule has 0 N–H and O–H groups in total. The second-order valence-electron chi connectivity index (χ2n) is 6.64. The molecule has 1 amide bonds. The quantitative estimate of drug-likeness (QED) is 0.787. The van der Waals surface area contributed by atoms with Gasteiger partial charge in [0, 0.05) is 19.3 Å². The Morgan fingerprint density at radius 1 is 1.35 bits per heavy atom. The molecule has 1 fully saturated rings. The third-order valence-corrected chi connectivity index (χ3v) is 4.24. The molecule has 110 valence electrons. The van der Waals surface area contributed by atoms with Crippen LogP contribution < -0.4 is 0 Å². The molecule has 1 saturated heterocycles. The van der Waals surface area contributed by atoms with Gasteiger partial charge in [0.15, 0.2) is 5.82 Å². The van der Waals surface area contributed by atoms with Gasteiger partial charge in [0.25, 0.3) is 5.91 Å². The summed E-state index contributed by atoms with van der Waals surface area (Å²) in [6.07, 6.45) is 5.67. The Labute approximate surface area is 120 Å². The number of likely N-dealkylation sites (tertiary alicyclic amines) is 1. The van der Waals surface area contributed by atoms with Crippen molar-refractivity contribution in [3.8, 4) is 0 Å². The van der Waals surface area contributed by atoms with Gasteiger partial charge in [0.1, 0.15) is 0 Å². The van der Waals surface area contributed by atoms with Crippen LogP contribution in [0.2, 0.25) is 0 Å². The molecule has 1 aromatic rings. The van der Waals surface area contributed by atoms with E-state index in [4.69, 9.17) is 0 Å². The largest absolute Gasteiger partial charge is 0.339 e. The highest BCUT2D eigenvalue weighted by molar-refractivity contribution is 5.94. The molecule has 1 atom stereocenters. The van der Waals surface area contributed by atoms with Gasteiger partial charge >= 0.3 is 0 Å². The molecular formula is C16H23FN2O. The first-order chi connectivity index (χ1) is 9.39. The van der Waals surface area contributed by atoms with E-state index in [2.05, 4.69) is 25.8 Å². The molecule has 2 rings (SSSR count). The number of pyridine rings is 1. The molecule has 20 heavy (non-hydrogen) atoms. The summed E-state index contributed by atoms with van der Waals surface area (Å²) in [6, 6.07) is 1.46. The van der Waals surface area contributed by atoms with Gasteiger partial charge in [-0.2, -0.15) is 0 Å². The average Bonchev–Trinajstić information content (AvgIpc) is 2.63. The summed E-state index contributed by atoms with van der Waals surface area (Å²) in [5, 5.41) is 0. The van der Waals surface area contributed by atoms with E-state index >= 15 is 0 Å². The monoisotopic (exact) mass is 278 g/mol. The van der Waals surface area contributed by atoms with E-state index in [9.17, 15) is 9.18 Å². The SMILES string of the molecule is CC(C)(C)C1CCCN(C(=O)c2ccncc2F)CC1. The van der Waals surface area contributed by atoms with Crippen LogP contribution in [0.5, 0.6) is 0 Å². The van der Waals surface area contributed by atoms with Crippen molar-refractivity contribution in [2.75, 3.05) is 13.1 Å². The second-order valence-corrected chi connectivity index (χ2v) is 6.64. The molecule has 0 radical (unpaired) electrons. The molecule has 1 unspecified atom stereocenters. The summed E-state index contributed by atoms with van der Waals surface area (Å²) < 4.78 is 13.7. The van der Waals surface area contributed by atoms with Crippen molar-refractivity contribution >= 4 is 5.91 Å². The Morgan fingerprint density at radius 3 is 2.75 bits per heavy atom. The van der Waals surface area contributed by atoms with Gasteiger partial charge in [-0.25, -0.2) is 4.39 Å². The lowest BCUT2D eigenvalue weighted by Crippen LogP contribution is -2.33. The Morgan fingerprint density at radius 2 is 2.10 bits per heavy atom. The van der Waals surface area contributed by atoms with Crippen LogP contribution in [0.4, 0.5) is 4.39 Å². The molecule has 4 heteroatoms. The third-order valence-electron chi connectivity index (χ3n) is 4.24. The van der Waals surface area contributed by atoms with Crippen LogP contribution in [-0.4, -0.2) is 28.9 Å². The van der Waals surface area contributed by atoms with Crippen molar-refractivity contribution < 1.29 is 9.18 Å². The lowest BCUT2D eigenvalue weighted by atomic mass is 9.77. The molecule has 3 nitrogen and oxygen atoms in total. The van der Waals surface area contributed by atoms with Crippen LogP contribution in [-0.2, 0) is 0 Å². The van der Waals surface area contributed by atoms with Gasteiger partial charge in [0.05, 0.1) is 11.8 Å². The first-order valence-corrected chi connectivity index (χ1v) is 7.28. The number of carbonyl (C=O) groups excluding carboxylic acids is 1. The number of hydrogen-bond donors (Lipinski definition) is 0. The Bertz CT molecular complexity index is 482. The summed E-state index contributed by atoms with van der Waals surface area (Å²) in [5.74, 6) is -0.129. The maximum atomic E-state index is 13.7. The molecule has 0 saturated carbocycles. The summed E-state index contributed by atoms with van der Waals surface area (Å²) in [4.78, 5) is 17.9. The molecule has 0 aromatic carbocycles. The Hall–Kier alpha value is -1.45. The fraction of sp³-hybridized carbons (Fsp3) is 0.625. The number of aromatic nitrogens is 1. The second kappa shape index (κ2) is 5.90. The van der Waals surface area contributed by atoms with Crippen LogP contribution in [0.1, 0.15) is 50.4 Å². The van der Waals surface area contributed by atoms with E-state index in [0.29, 0.717) is 19.0 Å². The number of hydrogen-bond acceptors (Lipinski definition) is 2. The van der Waals surface area contributed by atoms with Crippen LogP contribution in [0, 0.1) is 17.2 Å². The fourth-order valence-corrected chi connectivity index (χ4v) is 2.88. The molecule has 0 spiro atoms. The van der Waals surface area contributed by atoms with Gasteiger partial charge in [0.2, 0.25) is 0 Å². The minimum Gasteiger partial charge on any atom is -0.339 e. The smallest absolute Gasteiger partial charge is 0.256 e. The molecule has 0 bridgehead atoms. The van der Waals surface area contributed by atoms with Gasteiger partial charge in [-0.15, -0.1) is 0 Å². The van der Waals surface area contributed by atoms with E-state index in [0.717, 1.165) is 25.5 Å². The minimum absolute atomic E-state index is 0.134. The average molecular weight is 278 g/mol. The molecule has 1 aromatic heterocycles. The van der Waals surface area contributed by atoms with E-state index < -0.39 is 5.82 Å². The summed E-state index contributed by atoms with van der Waals surface area (Å²) >= 11 is 0. The van der Waals surface area contributed by atoms with Gasteiger partial charge in [-0.1, -0.05) is 20.8 Å². The van der Waals surface area contributed by atoms with E-state index in [1.165, 1.54) is 12.3 Å². The molecular weight excluding hydrogens is 255 g/mol. The van der Waals surface area contributed by atoms with E-state index in [1.807, 2.05) is 0 Å². The molecule has 2 heterocycles. The van der Waals surface area contributed by atoms with Gasteiger partial charge in [-0.05, 0) is 36.7 Å². The predicted octanol–water partition coefficient (Wildman–Crippen LogP) is 3.51. The van der Waals surface area contributed by atoms with Gasteiger partial charge in [-0.3, -0.25) is 9.78 Å². The molecule has 1 aliphatic heterocycles. The lowest BCUT2D eigenvalue weighted by Gasteiger charge is -2.29. The first kappa shape index (κ1) is 14.9. The predicted molar refractivity (Wildman–Crippen MR) is 76.9 cm³/mol. The third kappa shape index (κ3) is 3.35. The number of nitrogens with zero attached hydrogens (tertiary/aromatic N) is 2. The zero-order chi connectivity index (χ0) is 14.8. The van der Waals surface area contributed by atoms with Crippen molar-refractivity contribution in [2.24, 2.45) is 11.3 Å². The van der Waals surface area contributed by atoms with Crippen LogP contribution in [0.25, 0.3) is 0 Å². The van der Waals surface area contributed by atoms with Crippen LogP contribution in [0.15, 0.2) is 18.5 Å². The van der Waals surface area contributed by atoms with E-state index in [-0.39, 0.29) is 16.9 Å². The highest BCUT2D eigenvalue weighted by atomic mass is 19.1. The van der Waals surface area contributed by atoms with Crippen molar-refractivity contribution in [2.45, 2.75) is 40.0 Å². The Kier molecular flexibility index (Phi) is 4.41. The molecule has 0 aliphatic carbocycles. The topological polar surface area (TPSA) is 33.2 Å². The van der Waals surface area contributed by atoms with Crippen LogP contribution >= 0.6 is 0 Å². The van der Waals surface area contributed by atoms with Crippen LogP contribution in [0.3, 0.4) is 0 Å². The maximum absolute atomic E-state index is 13.7.